The van der Waals surface area contributed by atoms with Gasteiger partial charge >= 0.3 is 0 Å². The number of hydrogen-bond acceptors (Lipinski definition) is 1. The molecule has 0 radical (unpaired) electrons. The maximum Gasteiger partial charge on any atom is 0.0899 e. The molecule has 1 aromatic heterocycles. The largest absolute Gasteiger partial charge is 0.387 e. The molecular formula is C18H17NO. The molecule has 2 N–H and O–H groups in total. The van der Waals surface area contributed by atoms with E-state index in [1.807, 2.05) is 67.0 Å². The zero-order chi connectivity index (χ0) is 13.8. The second kappa shape index (κ2) is 5.76. The molecule has 0 bridgehead atoms. The molecule has 2 unspecified atom stereocenters. The van der Waals surface area contributed by atoms with E-state index < -0.39 is 6.10 Å². The van der Waals surface area contributed by atoms with E-state index in [4.69, 9.17) is 0 Å². The first-order valence-electron chi connectivity index (χ1n) is 6.77. The van der Waals surface area contributed by atoms with Gasteiger partial charge in [-0.1, -0.05) is 60.7 Å². The molecule has 0 saturated heterocycles. The minimum atomic E-state index is -0.561. The van der Waals surface area contributed by atoms with Gasteiger partial charge in [0.25, 0.3) is 0 Å². The molecule has 0 aliphatic heterocycles. The van der Waals surface area contributed by atoms with Gasteiger partial charge in [-0.3, -0.25) is 0 Å². The summed E-state index contributed by atoms with van der Waals surface area (Å²) in [6.45, 7) is 0. The van der Waals surface area contributed by atoms with Crippen molar-refractivity contribution in [2.45, 2.75) is 12.0 Å². The van der Waals surface area contributed by atoms with Crippen LogP contribution in [0, 0.1) is 0 Å². The molecule has 0 saturated carbocycles. The van der Waals surface area contributed by atoms with Crippen molar-refractivity contribution in [3.63, 3.8) is 0 Å². The van der Waals surface area contributed by atoms with Crippen molar-refractivity contribution < 1.29 is 5.11 Å². The van der Waals surface area contributed by atoms with E-state index in [0.717, 1.165) is 16.7 Å². The number of aromatic nitrogens is 1. The first-order chi connectivity index (χ1) is 9.86. The Kier molecular flexibility index (Phi) is 3.66. The number of aromatic amines is 1. The standard InChI is InChI=1S/C18H17NO/c20-18(15-9-5-2-6-10-15)17(16-11-12-19-13-16)14-7-3-1-4-8-14/h1-13,17-20H. The first-order valence-corrected chi connectivity index (χ1v) is 6.77. The minimum Gasteiger partial charge on any atom is -0.387 e. The van der Waals surface area contributed by atoms with Crippen molar-refractivity contribution in [3.8, 4) is 0 Å². The van der Waals surface area contributed by atoms with Crippen LogP contribution in [0.2, 0.25) is 0 Å². The molecule has 2 nitrogen and oxygen atoms in total. The topological polar surface area (TPSA) is 36.0 Å². The fourth-order valence-corrected chi connectivity index (χ4v) is 2.59. The Hall–Kier alpha value is -2.32. The maximum atomic E-state index is 10.8. The van der Waals surface area contributed by atoms with Crippen LogP contribution in [0.4, 0.5) is 0 Å². The number of H-pyrrole nitrogens is 1. The van der Waals surface area contributed by atoms with E-state index in [9.17, 15) is 5.11 Å². The van der Waals surface area contributed by atoms with E-state index in [0.29, 0.717) is 0 Å². The predicted molar refractivity (Wildman–Crippen MR) is 80.5 cm³/mol. The predicted octanol–water partition coefficient (Wildman–Crippen LogP) is 3.88. The van der Waals surface area contributed by atoms with Gasteiger partial charge in [-0.25, -0.2) is 0 Å². The number of aliphatic hydroxyl groups excluding tert-OH is 1. The Bertz CT molecular complexity index is 632. The molecule has 1 heterocycles. The lowest BCUT2D eigenvalue weighted by Crippen LogP contribution is -2.11. The number of nitrogens with one attached hydrogen (secondary N) is 1. The highest BCUT2D eigenvalue weighted by Gasteiger charge is 2.24. The fourth-order valence-electron chi connectivity index (χ4n) is 2.59. The van der Waals surface area contributed by atoms with E-state index in [2.05, 4.69) is 17.1 Å². The van der Waals surface area contributed by atoms with Crippen LogP contribution in [0.1, 0.15) is 28.7 Å². The van der Waals surface area contributed by atoms with Gasteiger partial charge in [0.1, 0.15) is 0 Å². The SMILES string of the molecule is OC(c1ccccc1)C(c1ccccc1)c1cc[nH]c1. The summed E-state index contributed by atoms with van der Waals surface area (Å²) < 4.78 is 0. The van der Waals surface area contributed by atoms with Crippen LogP contribution < -0.4 is 0 Å². The van der Waals surface area contributed by atoms with Crippen LogP contribution >= 0.6 is 0 Å². The number of hydrogen-bond donors (Lipinski definition) is 2. The zero-order valence-electron chi connectivity index (χ0n) is 11.1. The van der Waals surface area contributed by atoms with Crippen LogP contribution in [0.3, 0.4) is 0 Å². The third kappa shape index (κ3) is 2.51. The lowest BCUT2D eigenvalue weighted by molar-refractivity contribution is 0.159. The van der Waals surface area contributed by atoms with Crippen molar-refractivity contribution in [2.24, 2.45) is 0 Å². The summed E-state index contributed by atoms with van der Waals surface area (Å²) in [4.78, 5) is 3.08. The van der Waals surface area contributed by atoms with Gasteiger partial charge in [-0.05, 0) is 22.8 Å². The van der Waals surface area contributed by atoms with E-state index >= 15 is 0 Å². The first kappa shape index (κ1) is 12.7. The highest BCUT2D eigenvalue weighted by atomic mass is 16.3. The summed E-state index contributed by atoms with van der Waals surface area (Å²) >= 11 is 0. The average molecular weight is 263 g/mol. The smallest absolute Gasteiger partial charge is 0.0899 e. The third-order valence-electron chi connectivity index (χ3n) is 3.60. The molecule has 3 rings (SSSR count). The molecule has 2 heteroatoms. The van der Waals surface area contributed by atoms with Crippen molar-refractivity contribution in [3.05, 3.63) is 95.8 Å². The zero-order valence-corrected chi connectivity index (χ0v) is 11.1. The highest BCUT2D eigenvalue weighted by Crippen LogP contribution is 2.36. The van der Waals surface area contributed by atoms with Gasteiger partial charge in [-0.2, -0.15) is 0 Å². The molecule has 0 spiro atoms. The summed E-state index contributed by atoms with van der Waals surface area (Å²) in [5, 5.41) is 10.8. The third-order valence-corrected chi connectivity index (χ3v) is 3.60. The Morgan fingerprint density at radius 3 is 1.85 bits per heavy atom. The van der Waals surface area contributed by atoms with Gasteiger partial charge in [0.2, 0.25) is 0 Å². The Morgan fingerprint density at radius 1 is 0.700 bits per heavy atom. The van der Waals surface area contributed by atoms with Gasteiger partial charge < -0.3 is 10.1 Å². The second-order valence-corrected chi connectivity index (χ2v) is 4.89. The lowest BCUT2D eigenvalue weighted by atomic mass is 9.85. The van der Waals surface area contributed by atoms with Gasteiger partial charge in [0.15, 0.2) is 0 Å². The van der Waals surface area contributed by atoms with Crippen LogP contribution in [0.15, 0.2) is 79.1 Å². The molecule has 0 amide bonds. The van der Waals surface area contributed by atoms with E-state index in [-0.39, 0.29) is 5.92 Å². The molecule has 2 aromatic carbocycles. The van der Waals surface area contributed by atoms with Crippen LogP contribution in [-0.2, 0) is 0 Å². The number of rotatable bonds is 4. The summed E-state index contributed by atoms with van der Waals surface area (Å²) in [6.07, 6.45) is 3.28. The molecule has 0 fully saturated rings. The van der Waals surface area contributed by atoms with Crippen LogP contribution in [0.25, 0.3) is 0 Å². The van der Waals surface area contributed by atoms with E-state index in [1.54, 1.807) is 0 Å². The Balaban J connectivity index is 2.03. The van der Waals surface area contributed by atoms with Crippen molar-refractivity contribution in [1.82, 2.24) is 4.98 Å². The van der Waals surface area contributed by atoms with Crippen molar-refractivity contribution >= 4 is 0 Å². The lowest BCUT2D eigenvalue weighted by Gasteiger charge is -2.23. The molecule has 0 aliphatic rings. The number of aliphatic hydroxyl groups is 1. The molecule has 100 valence electrons. The highest BCUT2D eigenvalue weighted by molar-refractivity contribution is 5.35. The average Bonchev–Trinajstić information content (AvgIpc) is 3.03. The monoisotopic (exact) mass is 263 g/mol. The van der Waals surface area contributed by atoms with E-state index in [1.165, 1.54) is 0 Å². The molecule has 0 aliphatic carbocycles. The van der Waals surface area contributed by atoms with Gasteiger partial charge in [0.05, 0.1) is 6.10 Å². The normalized spacial score (nSPS) is 13.8. The summed E-state index contributed by atoms with van der Waals surface area (Å²) in [6, 6.07) is 21.9. The fraction of sp³-hybridized carbons (Fsp3) is 0.111. The maximum absolute atomic E-state index is 10.8. The molecule has 3 aromatic rings. The summed E-state index contributed by atoms with van der Waals surface area (Å²) in [5.41, 5.74) is 3.14. The van der Waals surface area contributed by atoms with Gasteiger partial charge in [0, 0.05) is 18.3 Å². The second-order valence-electron chi connectivity index (χ2n) is 4.89. The molecular weight excluding hydrogens is 246 g/mol. The Labute approximate surface area is 118 Å². The number of benzene rings is 2. The minimum absolute atomic E-state index is 0.0650. The summed E-state index contributed by atoms with van der Waals surface area (Å²) in [7, 11) is 0. The quantitative estimate of drug-likeness (QED) is 0.736. The summed E-state index contributed by atoms with van der Waals surface area (Å²) in [5.74, 6) is -0.0650. The molecule has 20 heavy (non-hydrogen) atoms. The van der Waals surface area contributed by atoms with Crippen molar-refractivity contribution in [2.75, 3.05) is 0 Å². The van der Waals surface area contributed by atoms with Crippen LogP contribution in [0.5, 0.6) is 0 Å². The van der Waals surface area contributed by atoms with Crippen molar-refractivity contribution in [1.29, 1.82) is 0 Å². The van der Waals surface area contributed by atoms with Gasteiger partial charge in [-0.15, -0.1) is 0 Å². The Morgan fingerprint density at radius 2 is 1.30 bits per heavy atom. The van der Waals surface area contributed by atoms with Crippen LogP contribution in [-0.4, -0.2) is 10.1 Å². The molecule has 2 atom stereocenters.